The van der Waals surface area contributed by atoms with Crippen LogP contribution in [-0.4, -0.2) is 27.4 Å². The van der Waals surface area contributed by atoms with Crippen molar-refractivity contribution in [2.45, 2.75) is 26.3 Å². The van der Waals surface area contributed by atoms with Gasteiger partial charge in [0.05, 0.1) is 0 Å². The second kappa shape index (κ2) is 9.43. The summed E-state index contributed by atoms with van der Waals surface area (Å²) in [5.74, 6) is 1.01. The molecule has 0 aliphatic carbocycles. The highest BCUT2D eigenvalue weighted by atomic mass is 16.1. The van der Waals surface area contributed by atoms with E-state index in [0.717, 1.165) is 24.9 Å². The van der Waals surface area contributed by atoms with Gasteiger partial charge in [0, 0.05) is 31.5 Å². The minimum Gasteiger partial charge on any atom is -0.370 e. The summed E-state index contributed by atoms with van der Waals surface area (Å²) in [5, 5.41) is 6.15. The number of pyridine rings is 1. The molecule has 0 radical (unpaired) electrons. The predicted molar refractivity (Wildman–Crippen MR) is 105 cm³/mol. The highest BCUT2D eigenvalue weighted by Gasteiger charge is 2.10. The van der Waals surface area contributed by atoms with Gasteiger partial charge in [-0.05, 0) is 37.0 Å². The summed E-state index contributed by atoms with van der Waals surface area (Å²) in [6.07, 6.45) is 5.41. The minimum absolute atomic E-state index is 0.225. The average molecular weight is 361 g/mol. The Kier molecular flexibility index (Phi) is 6.46. The Morgan fingerprint density at radius 2 is 1.85 bits per heavy atom. The normalized spacial score (nSPS) is 10.4. The first-order valence-corrected chi connectivity index (χ1v) is 9.01. The average Bonchev–Trinajstić information content (AvgIpc) is 2.70. The summed E-state index contributed by atoms with van der Waals surface area (Å²) >= 11 is 0. The molecule has 0 aliphatic rings. The molecule has 27 heavy (non-hydrogen) atoms. The summed E-state index contributed by atoms with van der Waals surface area (Å²) in [6.45, 7) is 2.98. The molecule has 1 amide bonds. The lowest BCUT2D eigenvalue weighted by molar-refractivity contribution is 0.0945. The van der Waals surface area contributed by atoms with Crippen LogP contribution in [0, 0.1) is 6.92 Å². The molecular weight excluding hydrogens is 338 g/mol. The molecule has 2 aromatic heterocycles. The molecular formula is C21H23N5O. The van der Waals surface area contributed by atoms with Crippen molar-refractivity contribution in [1.29, 1.82) is 0 Å². The van der Waals surface area contributed by atoms with Gasteiger partial charge in [0.25, 0.3) is 5.91 Å². The van der Waals surface area contributed by atoms with Gasteiger partial charge in [0.1, 0.15) is 17.3 Å². The molecule has 0 saturated carbocycles. The van der Waals surface area contributed by atoms with Crippen LogP contribution in [-0.2, 0) is 13.0 Å². The largest absolute Gasteiger partial charge is 0.370 e. The van der Waals surface area contributed by atoms with Gasteiger partial charge < -0.3 is 10.6 Å². The lowest BCUT2D eigenvalue weighted by atomic mass is 10.1. The van der Waals surface area contributed by atoms with Crippen LogP contribution in [0.15, 0.2) is 60.9 Å². The Morgan fingerprint density at radius 1 is 1.04 bits per heavy atom. The van der Waals surface area contributed by atoms with Crippen LogP contribution in [0.3, 0.4) is 0 Å². The molecule has 0 spiro atoms. The Labute approximate surface area is 159 Å². The van der Waals surface area contributed by atoms with Crippen molar-refractivity contribution in [2.24, 2.45) is 0 Å². The Bertz CT molecular complexity index is 868. The maximum atomic E-state index is 12.4. The molecule has 2 heterocycles. The number of aromatic nitrogens is 3. The zero-order valence-corrected chi connectivity index (χ0v) is 15.4. The fraction of sp³-hybridized carbons (Fsp3) is 0.238. The van der Waals surface area contributed by atoms with Crippen molar-refractivity contribution in [3.63, 3.8) is 0 Å². The minimum atomic E-state index is -0.225. The first kappa shape index (κ1) is 18.5. The number of nitrogens with zero attached hydrogens (tertiary/aromatic N) is 3. The van der Waals surface area contributed by atoms with E-state index in [1.807, 2.05) is 30.3 Å². The monoisotopic (exact) mass is 361 g/mol. The maximum Gasteiger partial charge on any atom is 0.270 e. The number of hydrogen-bond acceptors (Lipinski definition) is 5. The van der Waals surface area contributed by atoms with E-state index in [-0.39, 0.29) is 5.91 Å². The quantitative estimate of drug-likeness (QED) is 0.603. The standard InChI is InChI=1S/C21H23N5O/c1-16-25-19(21(27)24-15-18-10-5-11-22-14-18)13-20(26-16)23-12-6-9-17-7-3-2-4-8-17/h2-5,7-8,10-11,13-14H,6,9,12,15H2,1H3,(H,24,27)(H,23,25,26). The van der Waals surface area contributed by atoms with Crippen molar-refractivity contribution >= 4 is 11.7 Å². The van der Waals surface area contributed by atoms with Gasteiger partial charge in [-0.1, -0.05) is 36.4 Å². The van der Waals surface area contributed by atoms with E-state index in [9.17, 15) is 4.79 Å². The van der Waals surface area contributed by atoms with E-state index in [4.69, 9.17) is 0 Å². The topological polar surface area (TPSA) is 79.8 Å². The molecule has 2 N–H and O–H groups in total. The van der Waals surface area contributed by atoms with Crippen molar-refractivity contribution in [3.8, 4) is 0 Å². The smallest absolute Gasteiger partial charge is 0.270 e. The fourth-order valence-corrected chi connectivity index (χ4v) is 2.70. The van der Waals surface area contributed by atoms with Gasteiger partial charge in [-0.15, -0.1) is 0 Å². The van der Waals surface area contributed by atoms with Gasteiger partial charge in [0.2, 0.25) is 0 Å². The molecule has 0 unspecified atom stereocenters. The number of carbonyl (C=O) groups is 1. The molecule has 0 aliphatic heterocycles. The molecule has 0 fully saturated rings. The third-order valence-electron chi connectivity index (χ3n) is 4.04. The zero-order valence-electron chi connectivity index (χ0n) is 15.4. The summed E-state index contributed by atoms with van der Waals surface area (Å²) in [4.78, 5) is 25.0. The molecule has 0 saturated heterocycles. The molecule has 6 nitrogen and oxygen atoms in total. The Hall–Kier alpha value is -3.28. The molecule has 0 bridgehead atoms. The van der Waals surface area contributed by atoms with E-state index in [0.29, 0.717) is 23.9 Å². The summed E-state index contributed by atoms with van der Waals surface area (Å²) < 4.78 is 0. The van der Waals surface area contributed by atoms with Crippen LogP contribution in [0.5, 0.6) is 0 Å². The van der Waals surface area contributed by atoms with Crippen molar-refractivity contribution in [2.75, 3.05) is 11.9 Å². The van der Waals surface area contributed by atoms with Crippen molar-refractivity contribution in [3.05, 3.63) is 83.6 Å². The number of amides is 1. The molecule has 6 heteroatoms. The number of benzene rings is 1. The summed E-state index contributed by atoms with van der Waals surface area (Å²) in [6, 6.07) is 15.8. The number of hydrogen-bond donors (Lipinski definition) is 2. The van der Waals surface area contributed by atoms with E-state index in [2.05, 4.69) is 37.7 Å². The number of aryl methyl sites for hydroxylation is 2. The lowest BCUT2D eigenvalue weighted by Crippen LogP contribution is -2.24. The van der Waals surface area contributed by atoms with E-state index < -0.39 is 0 Å². The van der Waals surface area contributed by atoms with Gasteiger partial charge in [-0.3, -0.25) is 9.78 Å². The molecule has 138 valence electrons. The number of carbonyl (C=O) groups excluding carboxylic acids is 1. The van der Waals surface area contributed by atoms with Crippen molar-refractivity contribution in [1.82, 2.24) is 20.3 Å². The summed E-state index contributed by atoms with van der Waals surface area (Å²) in [7, 11) is 0. The lowest BCUT2D eigenvalue weighted by Gasteiger charge is -2.09. The first-order valence-electron chi connectivity index (χ1n) is 9.01. The van der Waals surface area contributed by atoms with Gasteiger partial charge in [-0.2, -0.15) is 0 Å². The SMILES string of the molecule is Cc1nc(NCCCc2ccccc2)cc(C(=O)NCc2cccnc2)n1. The van der Waals surface area contributed by atoms with Crippen LogP contribution in [0.4, 0.5) is 5.82 Å². The summed E-state index contributed by atoms with van der Waals surface area (Å²) in [5.41, 5.74) is 2.61. The highest BCUT2D eigenvalue weighted by molar-refractivity contribution is 5.92. The fourth-order valence-electron chi connectivity index (χ4n) is 2.70. The van der Waals surface area contributed by atoms with Gasteiger partial charge >= 0.3 is 0 Å². The van der Waals surface area contributed by atoms with Crippen LogP contribution in [0.1, 0.15) is 33.9 Å². The Morgan fingerprint density at radius 3 is 2.63 bits per heavy atom. The Balaban J connectivity index is 1.52. The second-order valence-corrected chi connectivity index (χ2v) is 6.25. The van der Waals surface area contributed by atoms with E-state index in [1.165, 1.54) is 5.56 Å². The zero-order chi connectivity index (χ0) is 18.9. The van der Waals surface area contributed by atoms with Gasteiger partial charge in [0.15, 0.2) is 0 Å². The first-order chi connectivity index (χ1) is 13.2. The van der Waals surface area contributed by atoms with Crippen LogP contribution in [0.25, 0.3) is 0 Å². The van der Waals surface area contributed by atoms with Gasteiger partial charge in [-0.25, -0.2) is 9.97 Å². The van der Waals surface area contributed by atoms with Crippen molar-refractivity contribution < 1.29 is 4.79 Å². The highest BCUT2D eigenvalue weighted by Crippen LogP contribution is 2.08. The number of anilines is 1. The van der Waals surface area contributed by atoms with E-state index >= 15 is 0 Å². The van der Waals surface area contributed by atoms with Crippen LogP contribution < -0.4 is 10.6 Å². The molecule has 3 rings (SSSR count). The van der Waals surface area contributed by atoms with E-state index in [1.54, 1.807) is 25.4 Å². The molecule has 0 atom stereocenters. The van der Waals surface area contributed by atoms with Crippen LogP contribution >= 0.6 is 0 Å². The molecule has 3 aromatic rings. The maximum absolute atomic E-state index is 12.4. The van der Waals surface area contributed by atoms with Crippen LogP contribution in [0.2, 0.25) is 0 Å². The number of nitrogens with one attached hydrogen (secondary N) is 2. The second-order valence-electron chi connectivity index (χ2n) is 6.25. The predicted octanol–water partition coefficient (Wildman–Crippen LogP) is 3.15. The molecule has 1 aromatic carbocycles. The third kappa shape index (κ3) is 5.88. The third-order valence-corrected chi connectivity index (χ3v) is 4.04. The number of rotatable bonds is 8.